The number of nitrogens with zero attached hydrogens (tertiary/aromatic N) is 3. The first-order valence-electron chi connectivity index (χ1n) is 8.48. The molecule has 1 fully saturated rings. The molecule has 134 valence electrons. The molecule has 7 heteroatoms. The highest BCUT2D eigenvalue weighted by atomic mass is 35.5. The van der Waals surface area contributed by atoms with E-state index in [1.165, 1.54) is 0 Å². The number of primary amides is 1. The van der Waals surface area contributed by atoms with Gasteiger partial charge in [0.2, 0.25) is 5.91 Å². The van der Waals surface area contributed by atoms with Crippen LogP contribution in [-0.2, 0) is 11.3 Å². The number of imidazole rings is 1. The Labute approximate surface area is 156 Å². The molecule has 2 N–H and O–H groups in total. The number of pyridine rings is 1. The maximum Gasteiger partial charge on any atom is 0.250 e. The van der Waals surface area contributed by atoms with Gasteiger partial charge in [-0.05, 0) is 24.3 Å². The molecule has 0 spiro atoms. The van der Waals surface area contributed by atoms with E-state index < -0.39 is 5.91 Å². The van der Waals surface area contributed by atoms with Crippen molar-refractivity contribution in [1.82, 2.24) is 14.3 Å². The number of carbonyl (C=O) groups is 1. The van der Waals surface area contributed by atoms with Crippen LogP contribution in [0, 0.1) is 0 Å². The first-order chi connectivity index (χ1) is 12.6. The topological polar surface area (TPSA) is 72.9 Å². The lowest BCUT2D eigenvalue weighted by atomic mass is 10.1. The average molecular weight is 371 g/mol. The van der Waals surface area contributed by atoms with Gasteiger partial charge in [-0.25, -0.2) is 4.98 Å². The summed E-state index contributed by atoms with van der Waals surface area (Å²) in [5.74, 6) is -0.453. The van der Waals surface area contributed by atoms with Crippen LogP contribution < -0.4 is 5.73 Å². The van der Waals surface area contributed by atoms with Gasteiger partial charge < -0.3 is 14.9 Å². The normalized spacial score (nSPS) is 15.4. The van der Waals surface area contributed by atoms with Gasteiger partial charge in [-0.15, -0.1) is 0 Å². The molecule has 0 aliphatic carbocycles. The highest BCUT2D eigenvalue weighted by Crippen LogP contribution is 2.27. The van der Waals surface area contributed by atoms with Crippen molar-refractivity contribution in [1.29, 1.82) is 0 Å². The minimum absolute atomic E-state index is 0.453. The maximum absolute atomic E-state index is 11.6. The Kier molecular flexibility index (Phi) is 4.63. The number of carbonyl (C=O) groups excluding carboxylic acids is 1. The largest absolute Gasteiger partial charge is 0.379 e. The summed E-state index contributed by atoms with van der Waals surface area (Å²) in [6.45, 7) is 3.88. The number of ether oxygens (including phenoxy) is 1. The molecule has 0 bridgehead atoms. The maximum atomic E-state index is 11.6. The SMILES string of the molecule is NC(=O)c1ccc2nc(-c3ccc(Cl)cc3)c(CN3CCOCC3)n2c1. The molecular weight excluding hydrogens is 352 g/mol. The summed E-state index contributed by atoms with van der Waals surface area (Å²) in [5, 5.41) is 0.684. The van der Waals surface area contributed by atoms with Gasteiger partial charge >= 0.3 is 0 Å². The van der Waals surface area contributed by atoms with Crippen LogP contribution in [-0.4, -0.2) is 46.5 Å². The van der Waals surface area contributed by atoms with Crippen molar-refractivity contribution in [3.63, 3.8) is 0 Å². The van der Waals surface area contributed by atoms with Gasteiger partial charge in [-0.1, -0.05) is 23.7 Å². The molecular formula is C19H19ClN4O2. The van der Waals surface area contributed by atoms with Crippen molar-refractivity contribution in [2.45, 2.75) is 6.54 Å². The lowest BCUT2D eigenvalue weighted by molar-refractivity contribution is 0.0336. The average Bonchev–Trinajstić information content (AvgIpc) is 3.01. The number of aromatic nitrogens is 2. The minimum Gasteiger partial charge on any atom is -0.379 e. The molecule has 2 aromatic heterocycles. The number of hydrogen-bond donors (Lipinski definition) is 1. The van der Waals surface area contributed by atoms with Gasteiger partial charge in [-0.2, -0.15) is 0 Å². The lowest BCUT2D eigenvalue weighted by Crippen LogP contribution is -2.36. The van der Waals surface area contributed by atoms with Crippen LogP contribution in [0.3, 0.4) is 0 Å². The molecule has 0 atom stereocenters. The molecule has 1 amide bonds. The molecule has 3 heterocycles. The van der Waals surface area contributed by atoms with E-state index in [4.69, 9.17) is 27.1 Å². The lowest BCUT2D eigenvalue weighted by Gasteiger charge is -2.26. The second-order valence-electron chi connectivity index (χ2n) is 6.31. The molecule has 3 aromatic rings. The number of amides is 1. The first kappa shape index (κ1) is 17.0. The summed E-state index contributed by atoms with van der Waals surface area (Å²) in [7, 11) is 0. The Bertz CT molecular complexity index is 946. The van der Waals surface area contributed by atoms with Crippen LogP contribution >= 0.6 is 11.6 Å². The Morgan fingerprint density at radius 2 is 1.88 bits per heavy atom. The summed E-state index contributed by atoms with van der Waals surface area (Å²) < 4.78 is 7.40. The number of nitrogens with two attached hydrogens (primary N) is 1. The van der Waals surface area contributed by atoms with E-state index in [-0.39, 0.29) is 0 Å². The second kappa shape index (κ2) is 7.07. The minimum atomic E-state index is -0.453. The van der Waals surface area contributed by atoms with E-state index in [0.717, 1.165) is 48.9 Å². The van der Waals surface area contributed by atoms with E-state index in [2.05, 4.69) is 4.90 Å². The van der Waals surface area contributed by atoms with Crippen LogP contribution in [0.25, 0.3) is 16.9 Å². The fraction of sp³-hybridized carbons (Fsp3) is 0.263. The summed E-state index contributed by atoms with van der Waals surface area (Å²) in [6, 6.07) is 11.2. The fourth-order valence-corrected chi connectivity index (χ4v) is 3.33. The number of halogens is 1. The Balaban J connectivity index is 1.84. The van der Waals surface area contributed by atoms with Crippen molar-refractivity contribution in [3.05, 3.63) is 58.9 Å². The van der Waals surface area contributed by atoms with E-state index in [9.17, 15) is 4.79 Å². The molecule has 26 heavy (non-hydrogen) atoms. The smallest absolute Gasteiger partial charge is 0.250 e. The standard InChI is InChI=1S/C19H19ClN4O2/c20-15-4-1-13(2-5-15)18-16(12-23-7-9-26-10-8-23)24-11-14(19(21)25)3-6-17(24)22-18/h1-6,11H,7-10,12H2,(H2,21,25). The summed E-state index contributed by atoms with van der Waals surface area (Å²) in [5.41, 5.74) is 9.59. The van der Waals surface area contributed by atoms with Gasteiger partial charge in [0.1, 0.15) is 5.65 Å². The highest BCUT2D eigenvalue weighted by Gasteiger charge is 2.19. The van der Waals surface area contributed by atoms with E-state index in [1.54, 1.807) is 12.3 Å². The van der Waals surface area contributed by atoms with Gasteiger partial charge in [0.15, 0.2) is 0 Å². The van der Waals surface area contributed by atoms with Crippen molar-refractivity contribution in [2.24, 2.45) is 5.73 Å². The number of benzene rings is 1. The quantitative estimate of drug-likeness (QED) is 0.766. The van der Waals surface area contributed by atoms with E-state index in [0.29, 0.717) is 17.1 Å². The molecule has 4 rings (SSSR count). The number of rotatable bonds is 4. The molecule has 6 nitrogen and oxygen atoms in total. The van der Waals surface area contributed by atoms with Gasteiger partial charge in [0.25, 0.3) is 0 Å². The third kappa shape index (κ3) is 3.31. The van der Waals surface area contributed by atoms with Crippen LogP contribution in [0.15, 0.2) is 42.6 Å². The molecule has 0 unspecified atom stereocenters. The second-order valence-corrected chi connectivity index (χ2v) is 6.75. The fourth-order valence-electron chi connectivity index (χ4n) is 3.20. The highest BCUT2D eigenvalue weighted by molar-refractivity contribution is 6.30. The molecule has 1 aliphatic heterocycles. The Morgan fingerprint density at radius 1 is 1.15 bits per heavy atom. The molecule has 1 saturated heterocycles. The van der Waals surface area contributed by atoms with Gasteiger partial charge in [-0.3, -0.25) is 9.69 Å². The van der Waals surface area contributed by atoms with E-state index in [1.807, 2.05) is 34.7 Å². The third-order valence-corrected chi connectivity index (χ3v) is 4.85. The van der Waals surface area contributed by atoms with Crippen LogP contribution in [0.4, 0.5) is 0 Å². The Morgan fingerprint density at radius 3 is 2.58 bits per heavy atom. The van der Waals surface area contributed by atoms with Crippen LogP contribution in [0.2, 0.25) is 5.02 Å². The first-order valence-corrected chi connectivity index (χ1v) is 8.86. The zero-order valence-corrected chi connectivity index (χ0v) is 14.9. The van der Waals surface area contributed by atoms with Gasteiger partial charge in [0.05, 0.1) is 30.2 Å². The van der Waals surface area contributed by atoms with E-state index >= 15 is 0 Å². The molecule has 1 aliphatic rings. The molecule has 0 radical (unpaired) electrons. The van der Waals surface area contributed by atoms with Crippen LogP contribution in [0.5, 0.6) is 0 Å². The summed E-state index contributed by atoms with van der Waals surface area (Å²) >= 11 is 6.03. The number of fused-ring (bicyclic) bond motifs is 1. The zero-order valence-electron chi connectivity index (χ0n) is 14.2. The molecule has 1 aromatic carbocycles. The van der Waals surface area contributed by atoms with Crippen molar-refractivity contribution < 1.29 is 9.53 Å². The number of hydrogen-bond acceptors (Lipinski definition) is 4. The van der Waals surface area contributed by atoms with Gasteiger partial charge in [0, 0.05) is 36.4 Å². The van der Waals surface area contributed by atoms with Crippen molar-refractivity contribution in [2.75, 3.05) is 26.3 Å². The van der Waals surface area contributed by atoms with Crippen LogP contribution in [0.1, 0.15) is 16.1 Å². The summed E-state index contributed by atoms with van der Waals surface area (Å²) in [4.78, 5) is 18.7. The summed E-state index contributed by atoms with van der Waals surface area (Å²) in [6.07, 6.45) is 1.76. The van der Waals surface area contributed by atoms with Crippen molar-refractivity contribution >= 4 is 23.2 Å². The predicted molar refractivity (Wildman–Crippen MR) is 100 cm³/mol. The molecule has 0 saturated carbocycles. The van der Waals surface area contributed by atoms with Crippen molar-refractivity contribution in [3.8, 4) is 11.3 Å². The monoisotopic (exact) mass is 370 g/mol. The predicted octanol–water partition coefficient (Wildman–Crippen LogP) is 2.59. The zero-order chi connectivity index (χ0) is 18.1. The Hall–Kier alpha value is -2.41. The third-order valence-electron chi connectivity index (χ3n) is 4.60. The number of morpholine rings is 1.